The molecule has 34 heavy (non-hydrogen) atoms. The van der Waals surface area contributed by atoms with E-state index in [1.807, 2.05) is 76.2 Å². The van der Waals surface area contributed by atoms with Gasteiger partial charge in [0.25, 0.3) is 11.5 Å². The Morgan fingerprint density at radius 3 is 2.50 bits per heavy atom. The van der Waals surface area contributed by atoms with Gasteiger partial charge in [-0.1, -0.05) is 54.6 Å². The summed E-state index contributed by atoms with van der Waals surface area (Å²) >= 11 is 0. The van der Waals surface area contributed by atoms with Crippen LogP contribution in [0.3, 0.4) is 0 Å². The maximum atomic E-state index is 14.1. The molecule has 2 bridgehead atoms. The number of benzene rings is 2. The summed E-state index contributed by atoms with van der Waals surface area (Å²) in [5.74, 6) is 0.332. The maximum absolute atomic E-state index is 14.1. The van der Waals surface area contributed by atoms with E-state index in [2.05, 4.69) is 0 Å². The third-order valence-corrected chi connectivity index (χ3v) is 7.57. The molecule has 3 aliphatic rings. The first-order chi connectivity index (χ1) is 16.6. The first-order valence-electron chi connectivity index (χ1n) is 12.0. The van der Waals surface area contributed by atoms with Crippen molar-refractivity contribution in [2.45, 2.75) is 37.9 Å². The summed E-state index contributed by atoms with van der Waals surface area (Å²) in [7, 11) is 0. The molecule has 4 heterocycles. The lowest BCUT2D eigenvalue weighted by atomic mass is 9.82. The van der Waals surface area contributed by atoms with Crippen molar-refractivity contribution < 1.29 is 9.59 Å². The number of carbonyl (C=O) groups is 2. The third-order valence-electron chi connectivity index (χ3n) is 7.57. The van der Waals surface area contributed by atoms with Gasteiger partial charge in [0, 0.05) is 55.8 Å². The van der Waals surface area contributed by atoms with Crippen LogP contribution in [0.4, 0.5) is 0 Å². The second kappa shape index (κ2) is 8.28. The summed E-state index contributed by atoms with van der Waals surface area (Å²) < 4.78 is 1.88. The van der Waals surface area contributed by atoms with E-state index < -0.39 is 6.04 Å². The summed E-state index contributed by atoms with van der Waals surface area (Å²) in [6.45, 7) is 2.30. The number of hydrogen-bond donors (Lipinski definition) is 0. The minimum absolute atomic E-state index is 0.00596. The van der Waals surface area contributed by atoms with E-state index in [9.17, 15) is 14.4 Å². The molecule has 1 fully saturated rings. The van der Waals surface area contributed by atoms with Crippen molar-refractivity contribution >= 4 is 11.8 Å². The standard InChI is InChI=1S/C28H27N3O3/c32-26-12-6-11-24-22-13-20(16-30(24)26)15-29(17-22)28(34)25(14-19-7-2-1-3-8-19)31-18-21-9-4-5-10-23(21)27(31)33/h1-12,20,22,25H,13-18H2/t20-,22+,25+/m1/s1. The van der Waals surface area contributed by atoms with E-state index >= 15 is 0 Å². The van der Waals surface area contributed by atoms with Crippen LogP contribution in [-0.2, 0) is 24.3 Å². The Kier molecular flexibility index (Phi) is 5.09. The first-order valence-corrected chi connectivity index (χ1v) is 12.0. The molecule has 0 aliphatic carbocycles. The highest BCUT2D eigenvalue weighted by Crippen LogP contribution is 2.36. The molecule has 6 heteroatoms. The zero-order chi connectivity index (χ0) is 23.2. The largest absolute Gasteiger partial charge is 0.340 e. The van der Waals surface area contributed by atoms with Crippen molar-refractivity contribution in [1.29, 1.82) is 0 Å². The van der Waals surface area contributed by atoms with Gasteiger partial charge in [-0.3, -0.25) is 14.4 Å². The van der Waals surface area contributed by atoms with Gasteiger partial charge in [-0.25, -0.2) is 0 Å². The fourth-order valence-electron chi connectivity index (χ4n) is 5.98. The highest BCUT2D eigenvalue weighted by Gasteiger charge is 2.42. The summed E-state index contributed by atoms with van der Waals surface area (Å²) in [6, 6.07) is 22.4. The van der Waals surface area contributed by atoms with Crippen LogP contribution < -0.4 is 5.56 Å². The van der Waals surface area contributed by atoms with Gasteiger partial charge >= 0.3 is 0 Å². The van der Waals surface area contributed by atoms with Gasteiger partial charge in [0.2, 0.25) is 5.91 Å². The van der Waals surface area contributed by atoms with Gasteiger partial charge < -0.3 is 14.4 Å². The van der Waals surface area contributed by atoms with E-state index in [0.717, 1.165) is 23.2 Å². The molecule has 0 saturated carbocycles. The predicted molar refractivity (Wildman–Crippen MR) is 128 cm³/mol. The SMILES string of the molecule is O=C([C@H](Cc1ccccc1)N1Cc2ccccc2C1=O)N1C[C@H]2C[C@@H](C1)c1cccc(=O)n1C2. The number of fused-ring (bicyclic) bond motifs is 5. The molecular weight excluding hydrogens is 426 g/mol. The molecule has 2 aromatic carbocycles. The number of carbonyl (C=O) groups excluding carboxylic acids is 2. The average Bonchev–Trinajstić information content (AvgIpc) is 3.19. The van der Waals surface area contributed by atoms with E-state index in [1.165, 1.54) is 0 Å². The van der Waals surface area contributed by atoms with Crippen LogP contribution in [0.5, 0.6) is 0 Å². The van der Waals surface area contributed by atoms with Gasteiger partial charge in [0.15, 0.2) is 0 Å². The zero-order valence-corrected chi connectivity index (χ0v) is 19.0. The van der Waals surface area contributed by atoms with E-state index in [0.29, 0.717) is 38.2 Å². The number of nitrogens with zero attached hydrogens (tertiary/aromatic N) is 3. The highest BCUT2D eigenvalue weighted by molar-refractivity contribution is 6.01. The Morgan fingerprint density at radius 1 is 0.882 bits per heavy atom. The molecule has 1 aromatic heterocycles. The van der Waals surface area contributed by atoms with Crippen LogP contribution in [0.25, 0.3) is 0 Å². The summed E-state index contributed by atoms with van der Waals surface area (Å²) in [5, 5.41) is 0. The number of aromatic nitrogens is 1. The monoisotopic (exact) mass is 453 g/mol. The maximum Gasteiger partial charge on any atom is 0.255 e. The first kappa shape index (κ1) is 20.9. The van der Waals surface area contributed by atoms with Crippen LogP contribution >= 0.6 is 0 Å². The van der Waals surface area contributed by atoms with Crippen molar-refractivity contribution in [1.82, 2.24) is 14.4 Å². The predicted octanol–water partition coefficient (Wildman–Crippen LogP) is 3.06. The number of piperidine rings is 1. The van der Waals surface area contributed by atoms with E-state index in [1.54, 1.807) is 11.0 Å². The van der Waals surface area contributed by atoms with Crippen LogP contribution in [0, 0.1) is 5.92 Å². The lowest BCUT2D eigenvalue weighted by Gasteiger charge is -2.44. The topological polar surface area (TPSA) is 62.6 Å². The number of amides is 2. The molecular formula is C28H27N3O3. The number of likely N-dealkylation sites (tertiary alicyclic amines) is 1. The molecule has 6 nitrogen and oxygen atoms in total. The van der Waals surface area contributed by atoms with Crippen molar-refractivity contribution in [3.05, 3.63) is 106 Å². The van der Waals surface area contributed by atoms with Gasteiger partial charge in [-0.15, -0.1) is 0 Å². The van der Waals surface area contributed by atoms with Crippen LogP contribution in [0.2, 0.25) is 0 Å². The molecule has 3 aromatic rings. The fourth-order valence-corrected chi connectivity index (χ4v) is 5.98. The van der Waals surface area contributed by atoms with Crippen LogP contribution in [0.1, 0.15) is 39.5 Å². The molecule has 0 spiro atoms. The summed E-state index contributed by atoms with van der Waals surface area (Å²) in [4.78, 5) is 43.5. The van der Waals surface area contributed by atoms with E-state index in [4.69, 9.17) is 0 Å². The average molecular weight is 454 g/mol. The molecule has 1 saturated heterocycles. The van der Waals surface area contributed by atoms with E-state index in [-0.39, 0.29) is 29.2 Å². The summed E-state index contributed by atoms with van der Waals surface area (Å²) in [6.07, 6.45) is 1.48. The smallest absolute Gasteiger partial charge is 0.255 e. The molecule has 0 radical (unpaired) electrons. The Bertz CT molecular complexity index is 1320. The van der Waals surface area contributed by atoms with Crippen molar-refractivity contribution in [3.8, 4) is 0 Å². The lowest BCUT2D eigenvalue weighted by molar-refractivity contribution is -0.139. The molecule has 3 aliphatic heterocycles. The second-order valence-corrected chi connectivity index (χ2v) is 9.74. The zero-order valence-electron chi connectivity index (χ0n) is 19.0. The van der Waals surface area contributed by atoms with Gasteiger partial charge in [-0.05, 0) is 35.6 Å². The highest BCUT2D eigenvalue weighted by atomic mass is 16.2. The minimum atomic E-state index is -0.556. The molecule has 0 N–H and O–H groups in total. The Hall–Kier alpha value is -3.67. The second-order valence-electron chi connectivity index (χ2n) is 9.74. The molecule has 2 amide bonds. The van der Waals surface area contributed by atoms with Gasteiger partial charge in [0.05, 0.1) is 0 Å². The molecule has 172 valence electrons. The van der Waals surface area contributed by atoms with Crippen molar-refractivity contribution in [2.24, 2.45) is 5.92 Å². The summed E-state index contributed by atoms with van der Waals surface area (Å²) in [5.41, 5.74) is 3.76. The van der Waals surface area contributed by atoms with Crippen LogP contribution in [-0.4, -0.2) is 45.3 Å². The van der Waals surface area contributed by atoms with Gasteiger partial charge in [-0.2, -0.15) is 0 Å². The lowest BCUT2D eigenvalue weighted by Crippen LogP contribution is -2.55. The van der Waals surface area contributed by atoms with Crippen LogP contribution in [0.15, 0.2) is 77.6 Å². The van der Waals surface area contributed by atoms with Gasteiger partial charge in [0.1, 0.15) is 6.04 Å². The Morgan fingerprint density at radius 2 is 1.68 bits per heavy atom. The Balaban J connectivity index is 1.31. The quantitative estimate of drug-likeness (QED) is 0.610. The molecule has 3 atom stereocenters. The molecule has 6 rings (SSSR count). The minimum Gasteiger partial charge on any atom is -0.340 e. The number of pyridine rings is 1. The number of hydrogen-bond acceptors (Lipinski definition) is 3. The molecule has 0 unspecified atom stereocenters. The van der Waals surface area contributed by atoms with Crippen molar-refractivity contribution in [2.75, 3.05) is 13.1 Å². The fraction of sp³-hybridized carbons (Fsp3) is 0.321. The Labute approximate surface area is 198 Å². The third kappa shape index (κ3) is 3.54. The van der Waals surface area contributed by atoms with Crippen molar-refractivity contribution in [3.63, 3.8) is 0 Å². The number of rotatable bonds is 4. The normalized spacial score (nSPS) is 21.7.